The van der Waals surface area contributed by atoms with Crippen LogP contribution in [0.25, 0.3) is 0 Å². The number of ether oxygens (including phenoxy) is 1. The second kappa shape index (κ2) is 6.02. The van der Waals surface area contributed by atoms with Gasteiger partial charge in [-0.25, -0.2) is 13.2 Å². The molecule has 0 bridgehead atoms. The lowest BCUT2D eigenvalue weighted by atomic mass is 10.1. The van der Waals surface area contributed by atoms with Crippen molar-refractivity contribution < 1.29 is 17.9 Å². The van der Waals surface area contributed by atoms with Crippen LogP contribution in [0, 0.1) is 6.92 Å². The van der Waals surface area contributed by atoms with Gasteiger partial charge in [-0.15, -0.1) is 0 Å². The van der Waals surface area contributed by atoms with Crippen LogP contribution in [0.2, 0.25) is 0 Å². The predicted molar refractivity (Wildman–Crippen MR) is 101 cm³/mol. The van der Waals surface area contributed by atoms with Crippen molar-refractivity contribution in [3.05, 3.63) is 54.1 Å². The van der Waals surface area contributed by atoms with Crippen molar-refractivity contribution in [2.24, 2.45) is 0 Å². The maximum atomic E-state index is 13.4. The number of rotatable bonds is 3. The highest BCUT2D eigenvalue weighted by Crippen LogP contribution is 2.41. The highest BCUT2D eigenvalue weighted by molar-refractivity contribution is 7.91. The fraction of sp³-hybridized carbons (Fsp3) is 0.316. The molecule has 0 spiro atoms. The molecule has 2 aliphatic heterocycles. The number of sulfone groups is 1. The molecule has 0 saturated carbocycles. The van der Waals surface area contributed by atoms with Gasteiger partial charge in [0.1, 0.15) is 5.75 Å². The van der Waals surface area contributed by atoms with Crippen LogP contribution in [-0.4, -0.2) is 45.1 Å². The van der Waals surface area contributed by atoms with Crippen molar-refractivity contribution >= 4 is 27.2 Å². The molecule has 26 heavy (non-hydrogen) atoms. The number of urea groups is 1. The molecule has 2 aromatic carbocycles. The SMILES string of the molecule is COc1ccccc1N1C(=O)N(c2ccccc2C)[C@@H]2CS(=O)(=O)C[C@H]21. The molecule has 2 heterocycles. The molecule has 0 aliphatic carbocycles. The molecule has 0 unspecified atom stereocenters. The zero-order valence-corrected chi connectivity index (χ0v) is 15.4. The first kappa shape index (κ1) is 16.9. The number of hydrogen-bond acceptors (Lipinski definition) is 4. The summed E-state index contributed by atoms with van der Waals surface area (Å²) < 4.78 is 30.1. The van der Waals surface area contributed by atoms with E-state index in [-0.39, 0.29) is 17.5 Å². The van der Waals surface area contributed by atoms with Crippen LogP contribution in [0.5, 0.6) is 5.75 Å². The molecular weight excluding hydrogens is 352 g/mol. The van der Waals surface area contributed by atoms with Crippen LogP contribution >= 0.6 is 0 Å². The highest BCUT2D eigenvalue weighted by atomic mass is 32.2. The van der Waals surface area contributed by atoms with E-state index >= 15 is 0 Å². The summed E-state index contributed by atoms with van der Waals surface area (Å²) in [5.41, 5.74) is 2.29. The summed E-state index contributed by atoms with van der Waals surface area (Å²) >= 11 is 0. The van der Waals surface area contributed by atoms with E-state index in [1.165, 1.54) is 0 Å². The molecule has 0 aromatic heterocycles. The average Bonchev–Trinajstić information content (AvgIpc) is 3.04. The molecule has 2 atom stereocenters. The minimum absolute atomic E-state index is 0.0244. The van der Waals surface area contributed by atoms with E-state index in [1.807, 2.05) is 43.3 Å². The molecular formula is C19H20N2O4S. The summed E-state index contributed by atoms with van der Waals surface area (Å²) in [7, 11) is -1.68. The number of hydrogen-bond donors (Lipinski definition) is 0. The van der Waals surface area contributed by atoms with Gasteiger partial charge in [0.25, 0.3) is 0 Å². The van der Waals surface area contributed by atoms with Crippen LogP contribution in [0.1, 0.15) is 5.56 Å². The molecule has 2 aromatic rings. The molecule has 6 nitrogen and oxygen atoms in total. The molecule has 7 heteroatoms. The number of amides is 2. The Morgan fingerprint density at radius 2 is 1.46 bits per heavy atom. The van der Waals surface area contributed by atoms with Crippen LogP contribution < -0.4 is 14.5 Å². The number of methoxy groups -OCH3 is 1. The molecule has 2 saturated heterocycles. The van der Waals surface area contributed by atoms with Gasteiger partial charge in [-0.1, -0.05) is 30.3 Å². The van der Waals surface area contributed by atoms with Gasteiger partial charge in [-0.05, 0) is 30.7 Å². The molecule has 2 fully saturated rings. The number of para-hydroxylation sites is 3. The summed E-state index contributed by atoms with van der Waals surface area (Å²) in [6.07, 6.45) is 0. The number of carbonyl (C=O) groups is 1. The van der Waals surface area contributed by atoms with E-state index < -0.39 is 21.9 Å². The van der Waals surface area contributed by atoms with Gasteiger partial charge in [-0.2, -0.15) is 0 Å². The summed E-state index contributed by atoms with van der Waals surface area (Å²) in [6.45, 7) is 1.92. The first-order chi connectivity index (χ1) is 12.4. The van der Waals surface area contributed by atoms with Crippen molar-refractivity contribution in [3.63, 3.8) is 0 Å². The molecule has 136 valence electrons. The Hall–Kier alpha value is -2.54. The topological polar surface area (TPSA) is 66.9 Å². The number of anilines is 2. The summed E-state index contributed by atoms with van der Waals surface area (Å²) in [4.78, 5) is 16.6. The second-order valence-corrected chi connectivity index (χ2v) is 8.85. The van der Waals surface area contributed by atoms with Gasteiger partial charge < -0.3 is 4.74 Å². The van der Waals surface area contributed by atoms with Crippen LogP contribution in [0.3, 0.4) is 0 Å². The Bertz CT molecular complexity index is 973. The van der Waals surface area contributed by atoms with Crippen LogP contribution in [-0.2, 0) is 9.84 Å². The number of fused-ring (bicyclic) bond motifs is 1. The van der Waals surface area contributed by atoms with E-state index in [1.54, 1.807) is 29.0 Å². The van der Waals surface area contributed by atoms with Crippen LogP contribution in [0.15, 0.2) is 48.5 Å². The van der Waals surface area contributed by atoms with Gasteiger partial charge in [0, 0.05) is 5.69 Å². The fourth-order valence-electron chi connectivity index (χ4n) is 3.93. The Morgan fingerprint density at radius 1 is 0.923 bits per heavy atom. The Balaban J connectivity index is 1.86. The van der Waals surface area contributed by atoms with Crippen molar-refractivity contribution in [2.45, 2.75) is 19.0 Å². The lowest BCUT2D eigenvalue weighted by Gasteiger charge is -2.24. The third kappa shape index (κ3) is 2.54. The zero-order chi connectivity index (χ0) is 18.5. The lowest BCUT2D eigenvalue weighted by molar-refractivity contribution is 0.255. The van der Waals surface area contributed by atoms with E-state index in [0.717, 1.165) is 11.3 Å². The molecule has 0 radical (unpaired) electrons. The normalized spacial score (nSPS) is 24.0. The monoisotopic (exact) mass is 372 g/mol. The fourth-order valence-corrected chi connectivity index (χ4v) is 5.85. The van der Waals surface area contributed by atoms with E-state index in [4.69, 9.17) is 4.74 Å². The third-order valence-electron chi connectivity index (χ3n) is 5.09. The number of carbonyl (C=O) groups excluding carboxylic acids is 1. The number of nitrogens with zero attached hydrogens (tertiary/aromatic N) is 2. The number of benzene rings is 2. The zero-order valence-electron chi connectivity index (χ0n) is 14.6. The first-order valence-electron chi connectivity index (χ1n) is 8.44. The predicted octanol–water partition coefficient (Wildman–Crippen LogP) is 2.62. The molecule has 2 amide bonds. The highest BCUT2D eigenvalue weighted by Gasteiger charge is 2.55. The largest absolute Gasteiger partial charge is 0.495 e. The maximum absolute atomic E-state index is 13.4. The van der Waals surface area contributed by atoms with Crippen molar-refractivity contribution in [2.75, 3.05) is 28.4 Å². The third-order valence-corrected chi connectivity index (χ3v) is 6.79. The minimum Gasteiger partial charge on any atom is -0.495 e. The maximum Gasteiger partial charge on any atom is 0.329 e. The van der Waals surface area contributed by atoms with Gasteiger partial charge in [0.15, 0.2) is 9.84 Å². The molecule has 0 N–H and O–H groups in total. The van der Waals surface area contributed by atoms with E-state index in [9.17, 15) is 13.2 Å². The van der Waals surface area contributed by atoms with Crippen molar-refractivity contribution in [3.8, 4) is 5.75 Å². The standard InChI is InChI=1S/C19H20N2O4S/c1-13-7-3-4-8-14(13)20-16-11-26(23,24)12-17(16)21(19(20)22)15-9-5-6-10-18(15)25-2/h3-10,16-17H,11-12H2,1-2H3/t16-,17-/m1/s1. The molecule has 2 aliphatic rings. The summed E-state index contributed by atoms with van der Waals surface area (Å²) in [6, 6.07) is 13.7. The van der Waals surface area contributed by atoms with Crippen molar-refractivity contribution in [1.82, 2.24) is 0 Å². The first-order valence-corrected chi connectivity index (χ1v) is 10.3. The van der Waals surface area contributed by atoms with Crippen LogP contribution in [0.4, 0.5) is 16.2 Å². The Labute approximate surface area is 152 Å². The summed E-state index contributed by atoms with van der Waals surface area (Å²) in [5.74, 6) is 0.489. The Kier molecular flexibility index (Phi) is 3.91. The number of aryl methyl sites for hydroxylation is 1. The Morgan fingerprint density at radius 3 is 2.08 bits per heavy atom. The molecule has 4 rings (SSSR count). The van der Waals surface area contributed by atoms with Gasteiger partial charge in [0.2, 0.25) is 0 Å². The lowest BCUT2D eigenvalue weighted by Crippen LogP contribution is -2.38. The van der Waals surface area contributed by atoms with Gasteiger partial charge >= 0.3 is 6.03 Å². The quantitative estimate of drug-likeness (QED) is 0.777. The smallest absolute Gasteiger partial charge is 0.329 e. The van der Waals surface area contributed by atoms with Crippen molar-refractivity contribution in [1.29, 1.82) is 0 Å². The van der Waals surface area contributed by atoms with Gasteiger partial charge in [0.05, 0.1) is 36.4 Å². The van der Waals surface area contributed by atoms with E-state index in [0.29, 0.717) is 11.4 Å². The van der Waals surface area contributed by atoms with E-state index in [2.05, 4.69) is 0 Å². The summed E-state index contributed by atoms with van der Waals surface area (Å²) in [5, 5.41) is 0. The second-order valence-electron chi connectivity index (χ2n) is 6.69. The minimum atomic E-state index is -3.22. The average molecular weight is 372 g/mol. The van der Waals surface area contributed by atoms with Gasteiger partial charge in [-0.3, -0.25) is 9.80 Å².